The number of pyridine rings is 3. The topological polar surface area (TPSA) is 85.6 Å². The molecule has 0 aliphatic carbocycles. The number of amides is 1. The summed E-state index contributed by atoms with van der Waals surface area (Å²) in [6, 6.07) is 17.6. The molecule has 33 heavy (non-hydrogen) atoms. The van der Waals surface area contributed by atoms with Crippen LogP contribution in [0.25, 0.3) is 22.3 Å². The molecule has 0 aliphatic rings. The van der Waals surface area contributed by atoms with Crippen molar-refractivity contribution in [2.75, 3.05) is 0 Å². The van der Waals surface area contributed by atoms with Crippen LogP contribution < -0.4 is 5.32 Å². The van der Waals surface area contributed by atoms with E-state index in [1.807, 2.05) is 55.5 Å². The first-order chi connectivity index (χ1) is 16.2. The molecule has 4 aromatic heterocycles. The van der Waals surface area contributed by atoms with E-state index < -0.39 is 0 Å². The van der Waals surface area contributed by atoms with Gasteiger partial charge in [-0.25, -0.2) is 9.67 Å². The molecule has 1 N–H and O–H groups in total. The highest BCUT2D eigenvalue weighted by Crippen LogP contribution is 2.25. The zero-order chi connectivity index (χ0) is 22.6. The standard InChI is InChI=1S/C26H22N6O/c1-18-6-8-19(9-7-18)14-29-26(33)22-12-24(21-5-3-11-28-15-21)31-25-23(22)16-30-32(25)17-20-4-2-10-27-13-20/h2-13,15-16H,14,17H2,1H3,(H,29,33). The van der Waals surface area contributed by atoms with E-state index in [2.05, 4.69) is 20.4 Å². The highest BCUT2D eigenvalue weighted by molar-refractivity contribution is 6.06. The van der Waals surface area contributed by atoms with E-state index in [-0.39, 0.29) is 5.91 Å². The summed E-state index contributed by atoms with van der Waals surface area (Å²) in [7, 11) is 0. The zero-order valence-corrected chi connectivity index (χ0v) is 18.1. The fourth-order valence-electron chi connectivity index (χ4n) is 3.66. The lowest BCUT2D eigenvalue weighted by atomic mass is 10.1. The fraction of sp³-hybridized carbons (Fsp3) is 0.115. The Kier molecular flexibility index (Phi) is 5.59. The highest BCUT2D eigenvalue weighted by atomic mass is 16.1. The average Bonchev–Trinajstić information content (AvgIpc) is 3.26. The second-order valence-corrected chi connectivity index (χ2v) is 7.87. The van der Waals surface area contributed by atoms with Crippen LogP contribution >= 0.6 is 0 Å². The van der Waals surface area contributed by atoms with Crippen LogP contribution in [0.5, 0.6) is 0 Å². The molecule has 0 saturated heterocycles. The van der Waals surface area contributed by atoms with Crippen molar-refractivity contribution in [1.29, 1.82) is 0 Å². The van der Waals surface area contributed by atoms with E-state index in [1.54, 1.807) is 41.7 Å². The predicted molar refractivity (Wildman–Crippen MR) is 126 cm³/mol. The Labute approximate surface area is 191 Å². The average molecular weight is 435 g/mol. The molecular formula is C26H22N6O. The summed E-state index contributed by atoms with van der Waals surface area (Å²) >= 11 is 0. The van der Waals surface area contributed by atoms with Gasteiger partial charge in [-0.3, -0.25) is 14.8 Å². The Balaban J connectivity index is 1.53. The number of aryl methyl sites for hydroxylation is 1. The van der Waals surface area contributed by atoms with Gasteiger partial charge in [0.1, 0.15) is 0 Å². The van der Waals surface area contributed by atoms with Gasteiger partial charge < -0.3 is 5.32 Å². The van der Waals surface area contributed by atoms with Gasteiger partial charge >= 0.3 is 0 Å². The molecule has 1 amide bonds. The zero-order valence-electron chi connectivity index (χ0n) is 18.1. The van der Waals surface area contributed by atoms with E-state index >= 15 is 0 Å². The number of hydrogen-bond donors (Lipinski definition) is 1. The van der Waals surface area contributed by atoms with Crippen molar-refractivity contribution in [1.82, 2.24) is 30.0 Å². The summed E-state index contributed by atoms with van der Waals surface area (Å²) < 4.78 is 1.79. The van der Waals surface area contributed by atoms with Crippen molar-refractivity contribution in [3.05, 3.63) is 108 Å². The number of aromatic nitrogens is 5. The smallest absolute Gasteiger partial charge is 0.252 e. The van der Waals surface area contributed by atoms with Gasteiger partial charge in [0.05, 0.1) is 29.4 Å². The maximum absolute atomic E-state index is 13.2. The third-order valence-electron chi connectivity index (χ3n) is 5.44. The Bertz CT molecular complexity index is 1400. The number of rotatable bonds is 6. The minimum absolute atomic E-state index is 0.172. The van der Waals surface area contributed by atoms with Crippen LogP contribution in [0.3, 0.4) is 0 Å². The lowest BCUT2D eigenvalue weighted by molar-refractivity contribution is 0.0952. The Morgan fingerprint density at radius 2 is 1.73 bits per heavy atom. The van der Waals surface area contributed by atoms with Crippen molar-refractivity contribution >= 4 is 16.9 Å². The highest BCUT2D eigenvalue weighted by Gasteiger charge is 2.18. The van der Waals surface area contributed by atoms with Crippen LogP contribution in [-0.4, -0.2) is 30.6 Å². The van der Waals surface area contributed by atoms with Gasteiger partial charge in [-0.1, -0.05) is 35.9 Å². The van der Waals surface area contributed by atoms with Gasteiger partial charge in [-0.15, -0.1) is 0 Å². The van der Waals surface area contributed by atoms with Crippen molar-refractivity contribution in [2.24, 2.45) is 0 Å². The molecule has 5 aromatic rings. The first-order valence-electron chi connectivity index (χ1n) is 10.7. The Hall–Kier alpha value is -4.39. The second-order valence-electron chi connectivity index (χ2n) is 7.87. The second kappa shape index (κ2) is 9.00. The number of nitrogens with zero attached hydrogens (tertiary/aromatic N) is 5. The molecule has 0 spiro atoms. The monoisotopic (exact) mass is 434 g/mol. The van der Waals surface area contributed by atoms with Gasteiger partial charge in [-0.2, -0.15) is 5.10 Å². The number of benzene rings is 1. The molecule has 0 aliphatic heterocycles. The number of nitrogens with one attached hydrogen (secondary N) is 1. The maximum atomic E-state index is 13.2. The Morgan fingerprint density at radius 1 is 0.939 bits per heavy atom. The summed E-state index contributed by atoms with van der Waals surface area (Å²) in [5.41, 5.74) is 5.90. The molecule has 0 radical (unpaired) electrons. The summed E-state index contributed by atoms with van der Waals surface area (Å²) in [6.45, 7) is 2.99. The fourth-order valence-corrected chi connectivity index (χ4v) is 3.66. The summed E-state index contributed by atoms with van der Waals surface area (Å²) in [6.07, 6.45) is 8.69. The summed E-state index contributed by atoms with van der Waals surface area (Å²) in [5, 5.41) is 8.26. The quantitative estimate of drug-likeness (QED) is 0.433. The van der Waals surface area contributed by atoms with Crippen LogP contribution in [0.15, 0.2) is 85.6 Å². The molecule has 1 aromatic carbocycles. The van der Waals surface area contributed by atoms with E-state index in [0.717, 1.165) is 16.7 Å². The minimum Gasteiger partial charge on any atom is -0.348 e. The molecule has 4 heterocycles. The minimum atomic E-state index is -0.172. The lowest BCUT2D eigenvalue weighted by Gasteiger charge is -2.10. The lowest BCUT2D eigenvalue weighted by Crippen LogP contribution is -2.23. The van der Waals surface area contributed by atoms with Gasteiger partial charge in [-0.05, 0) is 42.3 Å². The van der Waals surface area contributed by atoms with Crippen LogP contribution in [0.2, 0.25) is 0 Å². The largest absolute Gasteiger partial charge is 0.348 e. The van der Waals surface area contributed by atoms with Crippen molar-refractivity contribution < 1.29 is 4.79 Å². The molecule has 0 saturated carbocycles. The normalized spacial score (nSPS) is 10.9. The molecule has 0 fully saturated rings. The third kappa shape index (κ3) is 4.48. The molecule has 0 bridgehead atoms. The van der Waals surface area contributed by atoms with Crippen LogP contribution in [0.4, 0.5) is 0 Å². The van der Waals surface area contributed by atoms with E-state index in [4.69, 9.17) is 4.98 Å². The van der Waals surface area contributed by atoms with Crippen molar-refractivity contribution in [3.8, 4) is 11.3 Å². The van der Waals surface area contributed by atoms with Crippen molar-refractivity contribution in [3.63, 3.8) is 0 Å². The molecule has 0 unspecified atom stereocenters. The number of hydrogen-bond acceptors (Lipinski definition) is 5. The molecule has 7 heteroatoms. The number of carbonyl (C=O) groups excluding carboxylic acids is 1. The van der Waals surface area contributed by atoms with Crippen LogP contribution in [0.1, 0.15) is 27.0 Å². The van der Waals surface area contributed by atoms with Gasteiger partial charge in [0.25, 0.3) is 5.91 Å². The first kappa shape index (κ1) is 20.5. The van der Waals surface area contributed by atoms with Gasteiger partial charge in [0.2, 0.25) is 0 Å². The number of fused-ring (bicyclic) bond motifs is 1. The Morgan fingerprint density at radius 3 is 2.45 bits per heavy atom. The van der Waals surface area contributed by atoms with E-state index in [1.165, 1.54) is 5.56 Å². The van der Waals surface area contributed by atoms with Crippen LogP contribution in [0, 0.1) is 6.92 Å². The van der Waals surface area contributed by atoms with Crippen LogP contribution in [-0.2, 0) is 13.1 Å². The maximum Gasteiger partial charge on any atom is 0.252 e. The predicted octanol–water partition coefficient (Wildman–Crippen LogP) is 4.18. The first-order valence-corrected chi connectivity index (χ1v) is 10.7. The molecule has 0 atom stereocenters. The molecule has 5 rings (SSSR count). The van der Waals surface area contributed by atoms with E-state index in [9.17, 15) is 4.79 Å². The summed E-state index contributed by atoms with van der Waals surface area (Å²) in [5.74, 6) is -0.172. The van der Waals surface area contributed by atoms with Crippen molar-refractivity contribution in [2.45, 2.75) is 20.0 Å². The third-order valence-corrected chi connectivity index (χ3v) is 5.44. The van der Waals surface area contributed by atoms with Gasteiger partial charge in [0, 0.05) is 36.9 Å². The number of carbonyl (C=O) groups is 1. The van der Waals surface area contributed by atoms with E-state index in [0.29, 0.717) is 35.4 Å². The molecule has 162 valence electrons. The summed E-state index contributed by atoms with van der Waals surface area (Å²) in [4.78, 5) is 26.5. The molecular weight excluding hydrogens is 412 g/mol. The molecule has 7 nitrogen and oxygen atoms in total. The SMILES string of the molecule is Cc1ccc(CNC(=O)c2cc(-c3cccnc3)nc3c2cnn3Cc2cccnc2)cc1. The van der Waals surface area contributed by atoms with Gasteiger partial charge in [0.15, 0.2) is 5.65 Å².